The van der Waals surface area contributed by atoms with E-state index in [1.54, 1.807) is 17.0 Å². The Labute approximate surface area is 181 Å². The van der Waals surface area contributed by atoms with Gasteiger partial charge in [0.05, 0.1) is 24.3 Å². The van der Waals surface area contributed by atoms with E-state index in [0.717, 1.165) is 29.4 Å². The van der Waals surface area contributed by atoms with Crippen molar-refractivity contribution in [1.29, 1.82) is 0 Å². The summed E-state index contributed by atoms with van der Waals surface area (Å²) in [5, 5.41) is 28.8. The summed E-state index contributed by atoms with van der Waals surface area (Å²) in [6, 6.07) is 6.06. The van der Waals surface area contributed by atoms with Crippen LogP contribution in [-0.2, 0) is 0 Å². The lowest BCUT2D eigenvalue weighted by atomic mass is 9.81. The highest BCUT2D eigenvalue weighted by Gasteiger charge is 2.49. The SMILES string of the molecule is O=C(c1cc[n+]([O-])cc1Nc1ccc(I)cc1F)N1CC(O)([C@@H]2CCCCN2)C1. The Morgan fingerprint density at radius 2 is 2.14 bits per heavy atom. The standard InChI is InChI=1S/C20H22FIN4O3/c21-15-9-13(22)4-5-16(15)24-17-10-26(29)8-6-14(17)19(27)25-11-20(28,12-25)18-3-1-2-7-23-18/h4-6,8-10,18,23-24,28H,1-3,7,11-12H2/t18-/m0/s1. The van der Waals surface area contributed by atoms with Gasteiger partial charge in [-0.15, -0.1) is 0 Å². The molecule has 3 N–H and O–H groups in total. The first-order valence-corrected chi connectivity index (χ1v) is 10.6. The predicted molar refractivity (Wildman–Crippen MR) is 114 cm³/mol. The molecular weight excluding hydrogens is 490 g/mol. The Morgan fingerprint density at radius 3 is 2.83 bits per heavy atom. The molecule has 3 heterocycles. The zero-order chi connectivity index (χ0) is 20.6. The Balaban J connectivity index is 1.52. The lowest BCUT2D eigenvalue weighted by Crippen LogP contribution is -2.72. The van der Waals surface area contributed by atoms with Crippen molar-refractivity contribution in [3.63, 3.8) is 0 Å². The number of hydrogen-bond acceptors (Lipinski definition) is 5. The molecule has 154 valence electrons. The van der Waals surface area contributed by atoms with Crippen molar-refractivity contribution in [1.82, 2.24) is 10.2 Å². The van der Waals surface area contributed by atoms with Crippen LogP contribution in [0.25, 0.3) is 0 Å². The minimum absolute atomic E-state index is 0.0154. The van der Waals surface area contributed by atoms with Crippen molar-refractivity contribution in [2.45, 2.75) is 30.9 Å². The number of halogens is 2. The summed E-state index contributed by atoms with van der Waals surface area (Å²) in [7, 11) is 0. The van der Waals surface area contributed by atoms with Crippen LogP contribution in [0.15, 0.2) is 36.7 Å². The number of aromatic nitrogens is 1. The average Bonchev–Trinajstić information content (AvgIpc) is 2.68. The van der Waals surface area contributed by atoms with Crippen LogP contribution in [0, 0.1) is 14.6 Å². The fourth-order valence-corrected chi connectivity index (χ4v) is 4.41. The number of piperidine rings is 1. The molecule has 0 unspecified atom stereocenters. The van der Waals surface area contributed by atoms with Gasteiger partial charge in [0.2, 0.25) is 6.20 Å². The molecule has 1 aromatic carbocycles. The number of rotatable bonds is 4. The number of nitrogens with one attached hydrogen (secondary N) is 2. The fourth-order valence-electron chi connectivity index (χ4n) is 3.96. The third-order valence-electron chi connectivity index (χ3n) is 5.54. The van der Waals surface area contributed by atoms with E-state index in [-0.39, 0.29) is 42.0 Å². The van der Waals surface area contributed by atoms with Crippen LogP contribution in [0.5, 0.6) is 0 Å². The lowest BCUT2D eigenvalue weighted by Gasteiger charge is -2.51. The van der Waals surface area contributed by atoms with Gasteiger partial charge in [-0.1, -0.05) is 6.42 Å². The van der Waals surface area contributed by atoms with Crippen LogP contribution in [0.2, 0.25) is 0 Å². The Kier molecular flexibility index (Phi) is 5.63. The molecule has 2 aromatic rings. The van der Waals surface area contributed by atoms with Crippen molar-refractivity contribution in [3.05, 3.63) is 56.8 Å². The summed E-state index contributed by atoms with van der Waals surface area (Å²) in [5.41, 5.74) is -0.274. The summed E-state index contributed by atoms with van der Waals surface area (Å²) in [5.74, 6) is -0.780. The van der Waals surface area contributed by atoms with E-state index in [1.165, 1.54) is 24.5 Å². The van der Waals surface area contributed by atoms with E-state index in [0.29, 0.717) is 4.73 Å². The summed E-state index contributed by atoms with van der Waals surface area (Å²) in [6.07, 6.45) is 5.49. The van der Waals surface area contributed by atoms with E-state index in [2.05, 4.69) is 10.6 Å². The number of benzene rings is 1. The topological polar surface area (TPSA) is 91.5 Å². The van der Waals surface area contributed by atoms with Crippen molar-refractivity contribution < 1.29 is 19.0 Å². The van der Waals surface area contributed by atoms with Gasteiger partial charge in [0, 0.05) is 15.7 Å². The van der Waals surface area contributed by atoms with Crippen LogP contribution in [-0.4, -0.2) is 47.2 Å². The second kappa shape index (κ2) is 8.04. The van der Waals surface area contributed by atoms with Crippen LogP contribution >= 0.6 is 22.6 Å². The molecule has 1 atom stereocenters. The molecule has 7 nitrogen and oxygen atoms in total. The minimum Gasteiger partial charge on any atom is -0.619 e. The number of amides is 1. The molecule has 0 spiro atoms. The highest BCUT2D eigenvalue weighted by molar-refractivity contribution is 14.1. The fraction of sp³-hybridized carbons (Fsp3) is 0.400. The van der Waals surface area contributed by atoms with E-state index in [9.17, 15) is 19.5 Å². The maximum atomic E-state index is 14.2. The van der Waals surface area contributed by atoms with Gasteiger partial charge in [-0.25, -0.2) is 4.39 Å². The normalized spacial score (nSPS) is 20.8. The molecule has 2 fully saturated rings. The van der Waals surface area contributed by atoms with E-state index >= 15 is 0 Å². The quantitative estimate of drug-likeness (QED) is 0.332. The number of likely N-dealkylation sites (tertiary alicyclic amines) is 1. The molecule has 0 aliphatic carbocycles. The maximum Gasteiger partial charge on any atom is 0.256 e. The van der Waals surface area contributed by atoms with Crippen LogP contribution in [0.1, 0.15) is 29.6 Å². The second-order valence-electron chi connectivity index (χ2n) is 7.65. The van der Waals surface area contributed by atoms with Crippen molar-refractivity contribution in [2.75, 3.05) is 25.0 Å². The molecular formula is C20H22FIN4O3. The van der Waals surface area contributed by atoms with Crippen LogP contribution < -0.4 is 15.4 Å². The number of nitrogens with zero attached hydrogens (tertiary/aromatic N) is 2. The Bertz CT molecular complexity index is 930. The molecule has 1 aromatic heterocycles. The van der Waals surface area contributed by atoms with Crippen LogP contribution in [0.4, 0.5) is 15.8 Å². The molecule has 0 radical (unpaired) electrons. The number of carbonyl (C=O) groups excluding carboxylic acids is 1. The zero-order valence-corrected chi connectivity index (χ0v) is 17.9. The van der Waals surface area contributed by atoms with Gasteiger partial charge in [0.25, 0.3) is 5.91 Å². The molecule has 1 amide bonds. The van der Waals surface area contributed by atoms with Crippen molar-refractivity contribution >= 4 is 39.9 Å². The van der Waals surface area contributed by atoms with Gasteiger partial charge in [-0.2, -0.15) is 4.73 Å². The third-order valence-corrected chi connectivity index (χ3v) is 6.21. The first-order valence-electron chi connectivity index (χ1n) is 9.56. The highest BCUT2D eigenvalue weighted by atomic mass is 127. The first-order chi connectivity index (χ1) is 13.9. The second-order valence-corrected chi connectivity index (χ2v) is 8.89. The third kappa shape index (κ3) is 4.17. The molecule has 0 bridgehead atoms. The van der Waals surface area contributed by atoms with Crippen molar-refractivity contribution in [3.8, 4) is 0 Å². The van der Waals surface area contributed by atoms with Gasteiger partial charge < -0.3 is 25.8 Å². The molecule has 29 heavy (non-hydrogen) atoms. The smallest absolute Gasteiger partial charge is 0.256 e. The van der Waals surface area contributed by atoms with Gasteiger partial charge in [-0.3, -0.25) is 4.79 Å². The largest absolute Gasteiger partial charge is 0.619 e. The number of aliphatic hydroxyl groups is 1. The number of carbonyl (C=O) groups is 1. The number of anilines is 2. The molecule has 4 rings (SSSR count). The van der Waals surface area contributed by atoms with Gasteiger partial charge in [0.1, 0.15) is 17.1 Å². The van der Waals surface area contributed by atoms with Gasteiger partial charge in [0.15, 0.2) is 6.20 Å². The molecule has 2 saturated heterocycles. The maximum absolute atomic E-state index is 14.2. The first kappa shape index (κ1) is 20.3. The summed E-state index contributed by atoms with van der Waals surface area (Å²) >= 11 is 2.01. The number of hydrogen-bond donors (Lipinski definition) is 3. The van der Waals surface area contributed by atoms with Gasteiger partial charge >= 0.3 is 0 Å². The summed E-state index contributed by atoms with van der Waals surface area (Å²) < 4.78 is 15.5. The minimum atomic E-state index is -0.931. The lowest BCUT2D eigenvalue weighted by molar-refractivity contribution is -0.604. The Hall–Kier alpha value is -1.98. The molecule has 2 aliphatic rings. The number of β-amino-alcohol motifs (C(OH)–C–C–N with tert-alkyl or cyclic N) is 1. The number of pyridine rings is 1. The Morgan fingerprint density at radius 1 is 1.34 bits per heavy atom. The van der Waals surface area contributed by atoms with Gasteiger partial charge in [-0.05, 0) is 60.2 Å². The monoisotopic (exact) mass is 512 g/mol. The molecule has 9 heteroatoms. The molecule has 2 aliphatic heterocycles. The van der Waals surface area contributed by atoms with E-state index < -0.39 is 11.4 Å². The molecule has 0 saturated carbocycles. The predicted octanol–water partition coefficient (Wildman–Crippen LogP) is 2.14. The van der Waals surface area contributed by atoms with E-state index in [1.807, 2.05) is 22.6 Å². The summed E-state index contributed by atoms with van der Waals surface area (Å²) in [4.78, 5) is 14.6. The van der Waals surface area contributed by atoms with Crippen LogP contribution in [0.3, 0.4) is 0 Å². The van der Waals surface area contributed by atoms with Crippen molar-refractivity contribution in [2.24, 2.45) is 0 Å². The zero-order valence-electron chi connectivity index (χ0n) is 15.7. The highest BCUT2D eigenvalue weighted by Crippen LogP contribution is 2.32. The average molecular weight is 512 g/mol. The van der Waals surface area contributed by atoms with E-state index in [4.69, 9.17) is 0 Å². The summed E-state index contributed by atoms with van der Waals surface area (Å²) in [6.45, 7) is 1.33.